The lowest BCUT2D eigenvalue weighted by molar-refractivity contribution is 0.0966. The van der Waals surface area contributed by atoms with E-state index in [0.29, 0.717) is 34.1 Å². The molecule has 1 aromatic rings. The van der Waals surface area contributed by atoms with E-state index in [4.69, 9.17) is 0 Å². The fourth-order valence-corrected chi connectivity index (χ4v) is 2.97. The van der Waals surface area contributed by atoms with E-state index in [1.54, 1.807) is 13.2 Å². The Morgan fingerprint density at radius 3 is 2.46 bits per heavy atom. The quantitative estimate of drug-likeness (QED) is 0.490. The molecule has 5 nitrogen and oxygen atoms in total. The van der Waals surface area contributed by atoms with Gasteiger partial charge in [0.25, 0.3) is 5.91 Å². The van der Waals surface area contributed by atoms with Crippen molar-refractivity contribution in [1.29, 1.82) is 0 Å². The summed E-state index contributed by atoms with van der Waals surface area (Å²) in [6.45, 7) is 10.0. The Bertz CT molecular complexity index is 722. The molecule has 1 saturated heterocycles. The van der Waals surface area contributed by atoms with Crippen LogP contribution in [-0.2, 0) is 6.42 Å². The Labute approximate surface area is 165 Å². The van der Waals surface area contributed by atoms with Crippen LogP contribution < -0.4 is 21.3 Å². The topological polar surface area (TPSA) is 65.2 Å². The van der Waals surface area contributed by atoms with Crippen LogP contribution in [-0.4, -0.2) is 38.5 Å². The molecule has 0 saturated carbocycles. The molecule has 28 heavy (non-hydrogen) atoms. The van der Waals surface area contributed by atoms with Gasteiger partial charge in [-0.1, -0.05) is 25.3 Å². The summed E-state index contributed by atoms with van der Waals surface area (Å²) in [6, 6.07) is 6.47. The van der Waals surface area contributed by atoms with E-state index < -0.39 is 6.43 Å². The average molecular weight is 390 g/mol. The minimum Gasteiger partial charge on any atom is -0.392 e. The molecular formula is C21H28F2N4O. The molecule has 0 radical (unpaired) electrons. The van der Waals surface area contributed by atoms with Crippen molar-refractivity contribution < 1.29 is 13.6 Å². The van der Waals surface area contributed by atoms with Crippen LogP contribution in [0.4, 0.5) is 8.78 Å². The summed E-state index contributed by atoms with van der Waals surface area (Å²) in [4.78, 5) is 12.6. The molecule has 0 bridgehead atoms. The van der Waals surface area contributed by atoms with Crippen LogP contribution in [0.25, 0.3) is 0 Å². The highest BCUT2D eigenvalue weighted by atomic mass is 19.3. The normalized spacial score (nSPS) is 15.2. The second-order valence-electron chi connectivity index (χ2n) is 6.72. The fraction of sp³-hybridized carbons (Fsp3) is 0.381. The first-order valence-corrected chi connectivity index (χ1v) is 9.32. The molecule has 1 aliphatic rings. The van der Waals surface area contributed by atoms with Gasteiger partial charge in [-0.15, -0.1) is 0 Å². The Morgan fingerprint density at radius 2 is 1.89 bits per heavy atom. The number of halogens is 2. The van der Waals surface area contributed by atoms with Crippen LogP contribution in [0.1, 0.15) is 28.8 Å². The van der Waals surface area contributed by atoms with Crippen molar-refractivity contribution in [3.63, 3.8) is 0 Å². The summed E-state index contributed by atoms with van der Waals surface area (Å²) in [5.41, 5.74) is 2.60. The second kappa shape index (κ2) is 10.6. The molecule has 2 rings (SSSR count). The molecule has 1 aliphatic heterocycles. The standard InChI is InChI=1S/C21H28F2N4O/c1-14(15(2)26-18-8-10-25-11-9-18)19(13-24-3)27-21(28)17-6-4-16(5-7-17)12-20(22)23/h4-7,13,18,20,24-26H,1-2,8-12H2,3H3,(H,27,28)/b19-13+. The van der Waals surface area contributed by atoms with Crippen molar-refractivity contribution in [3.8, 4) is 0 Å². The number of hydrogen-bond donors (Lipinski definition) is 4. The summed E-state index contributed by atoms with van der Waals surface area (Å²) in [7, 11) is 1.72. The van der Waals surface area contributed by atoms with E-state index >= 15 is 0 Å². The van der Waals surface area contributed by atoms with Crippen molar-refractivity contribution in [1.82, 2.24) is 21.3 Å². The minimum atomic E-state index is -2.41. The zero-order valence-electron chi connectivity index (χ0n) is 16.2. The van der Waals surface area contributed by atoms with Gasteiger partial charge in [0.1, 0.15) is 0 Å². The van der Waals surface area contributed by atoms with Gasteiger partial charge in [0.15, 0.2) is 0 Å². The van der Waals surface area contributed by atoms with Crippen LogP contribution in [0.5, 0.6) is 0 Å². The van der Waals surface area contributed by atoms with Gasteiger partial charge in [0.2, 0.25) is 6.43 Å². The van der Waals surface area contributed by atoms with Gasteiger partial charge < -0.3 is 21.3 Å². The Hall–Kier alpha value is -2.67. The number of benzene rings is 1. The lowest BCUT2D eigenvalue weighted by Gasteiger charge is -2.27. The van der Waals surface area contributed by atoms with E-state index in [-0.39, 0.29) is 12.3 Å². The molecule has 4 N–H and O–H groups in total. The molecule has 7 heteroatoms. The average Bonchev–Trinajstić information content (AvgIpc) is 2.68. The van der Waals surface area contributed by atoms with E-state index in [2.05, 4.69) is 34.4 Å². The number of alkyl halides is 2. The Balaban J connectivity index is 2.00. The minimum absolute atomic E-state index is 0.319. The number of rotatable bonds is 9. The van der Waals surface area contributed by atoms with Crippen LogP contribution in [0.2, 0.25) is 0 Å². The molecule has 0 aliphatic carbocycles. The zero-order valence-corrected chi connectivity index (χ0v) is 16.2. The number of carbonyl (C=O) groups is 1. The predicted octanol–water partition coefficient (Wildman–Crippen LogP) is 2.70. The molecule has 1 aromatic carbocycles. The summed E-state index contributed by atoms with van der Waals surface area (Å²) >= 11 is 0. The third-order valence-corrected chi connectivity index (χ3v) is 4.55. The lowest BCUT2D eigenvalue weighted by atomic mass is 10.0. The van der Waals surface area contributed by atoms with Crippen LogP contribution in [0.3, 0.4) is 0 Å². The molecule has 0 atom stereocenters. The zero-order chi connectivity index (χ0) is 20.5. The number of piperidine rings is 1. The molecule has 0 spiro atoms. The van der Waals surface area contributed by atoms with Gasteiger partial charge in [0.05, 0.1) is 5.70 Å². The van der Waals surface area contributed by atoms with E-state index in [0.717, 1.165) is 25.9 Å². The van der Waals surface area contributed by atoms with Crippen molar-refractivity contribution in [3.05, 3.63) is 71.7 Å². The highest BCUT2D eigenvalue weighted by Gasteiger charge is 2.17. The monoisotopic (exact) mass is 390 g/mol. The first-order valence-electron chi connectivity index (χ1n) is 9.32. The first kappa shape index (κ1) is 21.6. The van der Waals surface area contributed by atoms with Gasteiger partial charge in [-0.3, -0.25) is 4.79 Å². The van der Waals surface area contributed by atoms with E-state index in [9.17, 15) is 13.6 Å². The Kier molecular flexibility index (Phi) is 8.19. The molecule has 1 heterocycles. The molecular weight excluding hydrogens is 362 g/mol. The summed E-state index contributed by atoms with van der Waals surface area (Å²) in [6.07, 6.45) is 0.891. The molecule has 152 valence electrons. The van der Waals surface area contributed by atoms with Gasteiger partial charge in [-0.25, -0.2) is 8.78 Å². The highest BCUT2D eigenvalue weighted by Crippen LogP contribution is 2.16. The van der Waals surface area contributed by atoms with Gasteiger partial charge in [-0.05, 0) is 43.6 Å². The van der Waals surface area contributed by atoms with E-state index in [1.165, 1.54) is 24.3 Å². The van der Waals surface area contributed by atoms with E-state index in [1.807, 2.05) is 0 Å². The maximum absolute atomic E-state index is 12.6. The summed E-state index contributed by atoms with van der Waals surface area (Å²) < 4.78 is 24.9. The summed E-state index contributed by atoms with van der Waals surface area (Å²) in [5, 5.41) is 12.4. The smallest absolute Gasteiger partial charge is 0.255 e. The number of amides is 1. The molecule has 0 unspecified atom stereocenters. The maximum atomic E-state index is 12.6. The second-order valence-corrected chi connectivity index (χ2v) is 6.72. The first-order chi connectivity index (χ1) is 13.4. The highest BCUT2D eigenvalue weighted by molar-refractivity contribution is 5.95. The number of hydrogen-bond acceptors (Lipinski definition) is 4. The molecule has 1 fully saturated rings. The van der Waals surface area contributed by atoms with Crippen LogP contribution >= 0.6 is 0 Å². The maximum Gasteiger partial charge on any atom is 0.255 e. The van der Waals surface area contributed by atoms with Crippen LogP contribution in [0.15, 0.2) is 60.6 Å². The third-order valence-electron chi connectivity index (χ3n) is 4.55. The van der Waals surface area contributed by atoms with Crippen molar-refractivity contribution >= 4 is 5.91 Å². The SMILES string of the molecule is C=C(NC1CCNCC1)C(=C)/C(=C\NC)NC(=O)c1ccc(CC(F)F)cc1. The molecule has 1 amide bonds. The van der Waals surface area contributed by atoms with Gasteiger partial charge >= 0.3 is 0 Å². The lowest BCUT2D eigenvalue weighted by Crippen LogP contribution is -2.40. The fourth-order valence-electron chi connectivity index (χ4n) is 2.97. The van der Waals surface area contributed by atoms with Crippen molar-refractivity contribution in [2.45, 2.75) is 31.7 Å². The van der Waals surface area contributed by atoms with Crippen LogP contribution in [0, 0.1) is 0 Å². The van der Waals surface area contributed by atoms with Crippen molar-refractivity contribution in [2.75, 3.05) is 20.1 Å². The number of nitrogens with one attached hydrogen (secondary N) is 4. The predicted molar refractivity (Wildman–Crippen MR) is 108 cm³/mol. The largest absolute Gasteiger partial charge is 0.392 e. The van der Waals surface area contributed by atoms with Crippen molar-refractivity contribution in [2.24, 2.45) is 0 Å². The Morgan fingerprint density at radius 1 is 1.25 bits per heavy atom. The number of carbonyl (C=O) groups excluding carboxylic acids is 1. The third kappa shape index (κ3) is 6.49. The molecule has 0 aromatic heterocycles. The summed E-state index contributed by atoms with van der Waals surface area (Å²) in [5.74, 6) is -0.346. The van der Waals surface area contributed by atoms with Gasteiger partial charge in [0, 0.05) is 42.5 Å². The van der Waals surface area contributed by atoms with Gasteiger partial charge in [-0.2, -0.15) is 0 Å².